The van der Waals surface area contributed by atoms with Crippen molar-refractivity contribution in [2.45, 2.75) is 6.92 Å². The van der Waals surface area contributed by atoms with Crippen LogP contribution in [0.1, 0.15) is 11.1 Å². The van der Waals surface area contributed by atoms with Crippen molar-refractivity contribution in [2.24, 2.45) is 7.05 Å². The third-order valence-corrected chi connectivity index (χ3v) is 2.11. The molecule has 0 amide bonds. The lowest BCUT2D eigenvalue weighted by Gasteiger charge is -1.95. The molecule has 64 valence electrons. The maximum Gasteiger partial charge on any atom is 0.110 e. The molecule has 13 heavy (non-hydrogen) atoms. The zero-order chi connectivity index (χ0) is 9.42. The minimum atomic E-state index is 0.679. The molecule has 3 heteroatoms. The second kappa shape index (κ2) is 2.60. The van der Waals surface area contributed by atoms with Crippen LogP contribution in [-0.2, 0) is 7.05 Å². The smallest absolute Gasteiger partial charge is 0.110 e. The molecule has 1 heterocycles. The largest absolute Gasteiger partial charge is 0.275 e. The van der Waals surface area contributed by atoms with Crippen LogP contribution in [0.2, 0.25) is 0 Å². The van der Waals surface area contributed by atoms with Crippen molar-refractivity contribution in [3.05, 3.63) is 29.5 Å². The molecule has 1 aromatic carbocycles. The Morgan fingerprint density at radius 3 is 2.92 bits per heavy atom. The van der Waals surface area contributed by atoms with Crippen LogP contribution in [0.25, 0.3) is 10.9 Å². The molecular weight excluding hydrogens is 162 g/mol. The van der Waals surface area contributed by atoms with Crippen LogP contribution < -0.4 is 0 Å². The van der Waals surface area contributed by atoms with E-state index in [1.165, 1.54) is 0 Å². The SMILES string of the molecule is Cc1ccc2cn(C)nc2c1C#N. The summed E-state index contributed by atoms with van der Waals surface area (Å²) in [5.74, 6) is 0. The van der Waals surface area contributed by atoms with Gasteiger partial charge in [0.15, 0.2) is 0 Å². The summed E-state index contributed by atoms with van der Waals surface area (Å²) in [5, 5.41) is 14.2. The highest BCUT2D eigenvalue weighted by molar-refractivity contribution is 5.84. The van der Waals surface area contributed by atoms with E-state index in [1.54, 1.807) is 4.68 Å². The molecule has 0 spiro atoms. The van der Waals surface area contributed by atoms with Crippen molar-refractivity contribution in [1.82, 2.24) is 9.78 Å². The first-order valence-corrected chi connectivity index (χ1v) is 4.05. The summed E-state index contributed by atoms with van der Waals surface area (Å²) in [4.78, 5) is 0. The van der Waals surface area contributed by atoms with Crippen molar-refractivity contribution < 1.29 is 0 Å². The van der Waals surface area contributed by atoms with Crippen LogP contribution in [-0.4, -0.2) is 9.78 Å². The molecule has 0 atom stereocenters. The molecule has 0 saturated heterocycles. The zero-order valence-corrected chi connectivity index (χ0v) is 7.57. The van der Waals surface area contributed by atoms with Gasteiger partial charge in [-0.25, -0.2) is 0 Å². The first-order valence-electron chi connectivity index (χ1n) is 4.05. The molecule has 0 aliphatic carbocycles. The van der Waals surface area contributed by atoms with Crippen LogP contribution in [0.4, 0.5) is 0 Å². The maximum atomic E-state index is 8.93. The quantitative estimate of drug-likeness (QED) is 0.606. The van der Waals surface area contributed by atoms with E-state index in [4.69, 9.17) is 5.26 Å². The summed E-state index contributed by atoms with van der Waals surface area (Å²) in [7, 11) is 1.86. The molecule has 2 aromatic rings. The van der Waals surface area contributed by atoms with Gasteiger partial charge in [-0.3, -0.25) is 4.68 Å². The lowest BCUT2D eigenvalue weighted by molar-refractivity contribution is 0.779. The molecule has 0 radical (unpaired) electrons. The minimum absolute atomic E-state index is 0.679. The second-order valence-corrected chi connectivity index (χ2v) is 3.11. The van der Waals surface area contributed by atoms with Crippen LogP contribution >= 0.6 is 0 Å². The monoisotopic (exact) mass is 171 g/mol. The Bertz CT molecular complexity index is 503. The lowest BCUT2D eigenvalue weighted by Crippen LogP contribution is -1.88. The van der Waals surface area contributed by atoms with Crippen molar-refractivity contribution >= 4 is 10.9 Å². The first-order chi connectivity index (χ1) is 6.22. The summed E-state index contributed by atoms with van der Waals surface area (Å²) >= 11 is 0. The average molecular weight is 171 g/mol. The number of benzene rings is 1. The number of aryl methyl sites for hydroxylation is 2. The fourth-order valence-corrected chi connectivity index (χ4v) is 1.45. The van der Waals surface area contributed by atoms with Gasteiger partial charge in [-0.05, 0) is 12.5 Å². The summed E-state index contributed by atoms with van der Waals surface area (Å²) in [6, 6.07) is 6.11. The van der Waals surface area contributed by atoms with E-state index in [-0.39, 0.29) is 0 Å². The van der Waals surface area contributed by atoms with Crippen LogP contribution in [0.5, 0.6) is 0 Å². The summed E-state index contributed by atoms with van der Waals surface area (Å²) in [5.41, 5.74) is 2.46. The number of rotatable bonds is 0. The molecule has 0 aliphatic rings. The molecule has 0 saturated carbocycles. The lowest BCUT2D eigenvalue weighted by atomic mass is 10.1. The van der Waals surface area contributed by atoms with Crippen molar-refractivity contribution in [3.8, 4) is 6.07 Å². The van der Waals surface area contributed by atoms with E-state index in [9.17, 15) is 0 Å². The van der Waals surface area contributed by atoms with Crippen molar-refractivity contribution in [1.29, 1.82) is 5.26 Å². The Labute approximate surface area is 76.2 Å². The highest BCUT2D eigenvalue weighted by Gasteiger charge is 2.06. The van der Waals surface area contributed by atoms with Gasteiger partial charge in [0.1, 0.15) is 11.6 Å². The van der Waals surface area contributed by atoms with E-state index in [1.807, 2.05) is 32.3 Å². The first kappa shape index (κ1) is 7.81. The van der Waals surface area contributed by atoms with Gasteiger partial charge < -0.3 is 0 Å². The highest BCUT2D eigenvalue weighted by atomic mass is 15.2. The Morgan fingerprint density at radius 2 is 2.23 bits per heavy atom. The van der Waals surface area contributed by atoms with Gasteiger partial charge in [0.25, 0.3) is 0 Å². The van der Waals surface area contributed by atoms with Gasteiger partial charge in [-0.2, -0.15) is 10.4 Å². The predicted octanol–water partition coefficient (Wildman–Crippen LogP) is 1.75. The Hall–Kier alpha value is -1.82. The van der Waals surface area contributed by atoms with E-state index in [0.29, 0.717) is 5.56 Å². The molecule has 0 aliphatic heterocycles. The fraction of sp³-hybridized carbons (Fsp3) is 0.200. The summed E-state index contributed by atoms with van der Waals surface area (Å²) in [6.45, 7) is 1.92. The molecular formula is C10H9N3. The number of fused-ring (bicyclic) bond motifs is 1. The Morgan fingerprint density at radius 1 is 1.46 bits per heavy atom. The van der Waals surface area contributed by atoms with Gasteiger partial charge in [0.05, 0.1) is 5.56 Å². The van der Waals surface area contributed by atoms with Crippen molar-refractivity contribution in [2.75, 3.05) is 0 Å². The number of nitriles is 1. The maximum absolute atomic E-state index is 8.93. The second-order valence-electron chi connectivity index (χ2n) is 3.11. The zero-order valence-electron chi connectivity index (χ0n) is 7.57. The highest BCUT2D eigenvalue weighted by Crippen LogP contribution is 2.19. The van der Waals surface area contributed by atoms with E-state index >= 15 is 0 Å². The van der Waals surface area contributed by atoms with E-state index < -0.39 is 0 Å². The number of hydrogen-bond donors (Lipinski definition) is 0. The Balaban J connectivity index is 2.93. The number of hydrogen-bond acceptors (Lipinski definition) is 2. The van der Waals surface area contributed by atoms with E-state index in [2.05, 4.69) is 11.2 Å². The third-order valence-electron chi connectivity index (χ3n) is 2.11. The summed E-state index contributed by atoms with van der Waals surface area (Å²) < 4.78 is 1.73. The third kappa shape index (κ3) is 1.07. The number of nitrogens with zero attached hydrogens (tertiary/aromatic N) is 3. The van der Waals surface area contributed by atoms with Crippen molar-refractivity contribution in [3.63, 3.8) is 0 Å². The topological polar surface area (TPSA) is 41.6 Å². The molecule has 0 bridgehead atoms. The van der Waals surface area contributed by atoms with Gasteiger partial charge in [-0.1, -0.05) is 12.1 Å². The summed E-state index contributed by atoms with van der Waals surface area (Å²) in [6.07, 6.45) is 1.91. The minimum Gasteiger partial charge on any atom is -0.275 e. The molecule has 2 rings (SSSR count). The van der Waals surface area contributed by atoms with Gasteiger partial charge >= 0.3 is 0 Å². The molecule has 0 fully saturated rings. The molecule has 0 unspecified atom stereocenters. The van der Waals surface area contributed by atoms with Gasteiger partial charge in [0, 0.05) is 18.6 Å². The predicted molar refractivity (Wildman–Crippen MR) is 50.2 cm³/mol. The Kier molecular flexibility index (Phi) is 1.56. The standard InChI is InChI=1S/C10H9N3/c1-7-3-4-8-6-13(2)12-10(8)9(7)5-11/h3-4,6H,1-2H3. The van der Waals surface area contributed by atoms with Gasteiger partial charge in [0.2, 0.25) is 0 Å². The van der Waals surface area contributed by atoms with Crippen LogP contribution in [0.3, 0.4) is 0 Å². The van der Waals surface area contributed by atoms with E-state index in [0.717, 1.165) is 16.5 Å². The normalized spacial score (nSPS) is 10.2. The average Bonchev–Trinajstić information content (AvgIpc) is 2.45. The number of aromatic nitrogens is 2. The fourth-order valence-electron chi connectivity index (χ4n) is 1.45. The molecule has 1 aromatic heterocycles. The van der Waals surface area contributed by atoms with Crippen LogP contribution in [0, 0.1) is 18.3 Å². The van der Waals surface area contributed by atoms with Gasteiger partial charge in [-0.15, -0.1) is 0 Å². The van der Waals surface area contributed by atoms with Crippen LogP contribution in [0.15, 0.2) is 18.3 Å². The molecule has 3 nitrogen and oxygen atoms in total. The molecule has 0 N–H and O–H groups in total.